The summed E-state index contributed by atoms with van der Waals surface area (Å²) in [6.07, 6.45) is 1.53. The summed E-state index contributed by atoms with van der Waals surface area (Å²) < 4.78 is 0.966. The first-order chi connectivity index (χ1) is 9.79. The van der Waals surface area contributed by atoms with Crippen molar-refractivity contribution < 1.29 is 15.0 Å². The van der Waals surface area contributed by atoms with Crippen LogP contribution in [-0.2, 0) is 11.3 Å². The molecular formula is C13H20N4O4. The lowest BCUT2D eigenvalue weighted by atomic mass is 10.1. The molecule has 1 unspecified atom stereocenters. The lowest BCUT2D eigenvalue weighted by molar-refractivity contribution is -0.158. The Morgan fingerprint density at radius 2 is 2.00 bits per heavy atom. The van der Waals surface area contributed by atoms with Gasteiger partial charge in [0.25, 0.3) is 5.56 Å². The SMILES string of the molecule is CN1CCN(c2cnn(CC(C)(O)C(=O)O)c(=O)c2)CC1. The topological polar surface area (TPSA) is 98.9 Å². The zero-order valence-electron chi connectivity index (χ0n) is 12.2. The van der Waals surface area contributed by atoms with Gasteiger partial charge in [0.1, 0.15) is 0 Å². The molecule has 0 spiro atoms. The number of nitrogens with zero attached hydrogens (tertiary/aromatic N) is 4. The van der Waals surface area contributed by atoms with Gasteiger partial charge in [0.15, 0.2) is 5.60 Å². The van der Waals surface area contributed by atoms with Crippen LogP contribution in [0.25, 0.3) is 0 Å². The first-order valence-corrected chi connectivity index (χ1v) is 6.76. The van der Waals surface area contributed by atoms with Crippen molar-refractivity contribution in [3.05, 3.63) is 22.6 Å². The molecule has 2 N–H and O–H groups in total. The molecule has 1 atom stereocenters. The number of rotatable bonds is 4. The quantitative estimate of drug-likeness (QED) is 0.722. The number of piperazine rings is 1. The van der Waals surface area contributed by atoms with Crippen molar-refractivity contribution in [3.8, 4) is 0 Å². The number of anilines is 1. The van der Waals surface area contributed by atoms with Crippen molar-refractivity contribution in [2.24, 2.45) is 0 Å². The molecule has 8 heteroatoms. The molecule has 1 saturated heterocycles. The molecule has 0 aromatic carbocycles. The average Bonchev–Trinajstić information content (AvgIpc) is 2.41. The van der Waals surface area contributed by atoms with Crippen molar-refractivity contribution in [1.29, 1.82) is 0 Å². The second kappa shape index (κ2) is 5.82. The number of carbonyl (C=O) groups is 1. The maximum Gasteiger partial charge on any atom is 0.337 e. The molecule has 21 heavy (non-hydrogen) atoms. The van der Waals surface area contributed by atoms with Gasteiger partial charge in [-0.1, -0.05) is 0 Å². The number of hydrogen-bond acceptors (Lipinski definition) is 6. The first-order valence-electron chi connectivity index (χ1n) is 6.76. The number of likely N-dealkylation sites (N-methyl/N-ethyl adjacent to an activating group) is 1. The molecule has 1 aromatic heterocycles. The second-order valence-corrected chi connectivity index (χ2v) is 5.58. The Morgan fingerprint density at radius 3 is 2.52 bits per heavy atom. The van der Waals surface area contributed by atoms with Crippen molar-refractivity contribution >= 4 is 11.7 Å². The highest BCUT2D eigenvalue weighted by atomic mass is 16.4. The summed E-state index contributed by atoms with van der Waals surface area (Å²) in [5, 5.41) is 22.5. The van der Waals surface area contributed by atoms with Gasteiger partial charge in [-0.15, -0.1) is 0 Å². The van der Waals surface area contributed by atoms with Crippen molar-refractivity contribution in [2.75, 3.05) is 38.1 Å². The summed E-state index contributed by atoms with van der Waals surface area (Å²) >= 11 is 0. The monoisotopic (exact) mass is 296 g/mol. The molecule has 0 amide bonds. The Labute approximate surface area is 122 Å². The molecule has 1 fully saturated rings. The average molecular weight is 296 g/mol. The van der Waals surface area contributed by atoms with Crippen LogP contribution in [-0.4, -0.2) is 69.7 Å². The summed E-state index contributed by atoms with van der Waals surface area (Å²) in [7, 11) is 2.04. The lowest BCUT2D eigenvalue weighted by Gasteiger charge is -2.33. The van der Waals surface area contributed by atoms with Gasteiger partial charge in [0, 0.05) is 32.2 Å². The second-order valence-electron chi connectivity index (χ2n) is 5.58. The van der Waals surface area contributed by atoms with Crippen molar-refractivity contribution in [3.63, 3.8) is 0 Å². The molecule has 0 bridgehead atoms. The predicted molar refractivity (Wildman–Crippen MR) is 76.5 cm³/mol. The van der Waals surface area contributed by atoms with Gasteiger partial charge < -0.3 is 20.0 Å². The van der Waals surface area contributed by atoms with Gasteiger partial charge in [0.05, 0.1) is 18.4 Å². The lowest BCUT2D eigenvalue weighted by Crippen LogP contribution is -2.46. The largest absolute Gasteiger partial charge is 0.479 e. The van der Waals surface area contributed by atoms with Crippen LogP contribution in [0.3, 0.4) is 0 Å². The van der Waals surface area contributed by atoms with E-state index in [-0.39, 0.29) is 6.54 Å². The van der Waals surface area contributed by atoms with E-state index in [0.29, 0.717) is 0 Å². The summed E-state index contributed by atoms with van der Waals surface area (Å²) in [6.45, 7) is 4.21. The summed E-state index contributed by atoms with van der Waals surface area (Å²) in [5.41, 5.74) is -1.72. The number of hydrogen-bond donors (Lipinski definition) is 2. The van der Waals surface area contributed by atoms with E-state index in [1.54, 1.807) is 0 Å². The third-order valence-corrected chi connectivity index (χ3v) is 3.64. The molecule has 0 radical (unpaired) electrons. The van der Waals surface area contributed by atoms with Crippen LogP contribution < -0.4 is 10.5 Å². The van der Waals surface area contributed by atoms with E-state index in [9.17, 15) is 14.7 Å². The molecule has 0 saturated carbocycles. The highest BCUT2D eigenvalue weighted by molar-refractivity contribution is 5.76. The predicted octanol–water partition coefficient (Wildman–Crippen LogP) is -1.17. The fraction of sp³-hybridized carbons (Fsp3) is 0.615. The van der Waals surface area contributed by atoms with Crippen LogP contribution in [0.1, 0.15) is 6.92 Å². The number of aliphatic hydroxyl groups is 1. The van der Waals surface area contributed by atoms with E-state index in [0.717, 1.165) is 43.5 Å². The number of aromatic nitrogens is 2. The van der Waals surface area contributed by atoms with Crippen LogP contribution in [0.15, 0.2) is 17.1 Å². The Hall–Kier alpha value is -1.93. The van der Waals surface area contributed by atoms with Crippen LogP contribution in [0.2, 0.25) is 0 Å². The minimum atomic E-state index is -2.02. The highest BCUT2D eigenvalue weighted by Crippen LogP contribution is 2.13. The Bertz CT molecular complexity index is 576. The maximum atomic E-state index is 12.0. The van der Waals surface area contributed by atoms with E-state index in [2.05, 4.69) is 14.9 Å². The zero-order chi connectivity index (χ0) is 15.6. The fourth-order valence-corrected chi connectivity index (χ4v) is 2.14. The van der Waals surface area contributed by atoms with Crippen molar-refractivity contribution in [2.45, 2.75) is 19.1 Å². The van der Waals surface area contributed by atoms with Crippen LogP contribution in [0, 0.1) is 0 Å². The normalized spacial score (nSPS) is 19.3. The smallest absolute Gasteiger partial charge is 0.337 e. The van der Waals surface area contributed by atoms with E-state index >= 15 is 0 Å². The van der Waals surface area contributed by atoms with E-state index < -0.39 is 17.1 Å². The van der Waals surface area contributed by atoms with Gasteiger partial charge in [-0.3, -0.25) is 4.79 Å². The molecular weight excluding hydrogens is 276 g/mol. The van der Waals surface area contributed by atoms with Crippen LogP contribution in [0.5, 0.6) is 0 Å². The molecule has 1 aliphatic rings. The molecule has 2 rings (SSSR count). The van der Waals surface area contributed by atoms with E-state index in [1.165, 1.54) is 12.3 Å². The highest BCUT2D eigenvalue weighted by Gasteiger charge is 2.31. The summed E-state index contributed by atoms with van der Waals surface area (Å²) in [6, 6.07) is 1.43. The molecule has 2 heterocycles. The maximum absolute atomic E-state index is 12.0. The fourth-order valence-electron chi connectivity index (χ4n) is 2.14. The molecule has 0 aliphatic carbocycles. The summed E-state index contributed by atoms with van der Waals surface area (Å²) in [5.74, 6) is -1.39. The van der Waals surface area contributed by atoms with Crippen LogP contribution in [0.4, 0.5) is 5.69 Å². The number of aliphatic carboxylic acids is 1. The van der Waals surface area contributed by atoms with Gasteiger partial charge >= 0.3 is 5.97 Å². The molecule has 8 nitrogen and oxygen atoms in total. The van der Waals surface area contributed by atoms with E-state index in [4.69, 9.17) is 5.11 Å². The van der Waals surface area contributed by atoms with Crippen LogP contribution >= 0.6 is 0 Å². The number of carboxylic acids is 1. The first kappa shape index (κ1) is 15.5. The molecule has 1 aromatic rings. The molecule has 1 aliphatic heterocycles. The standard InChI is InChI=1S/C13H20N4O4/c1-13(21,12(19)20)9-17-11(18)7-10(8-14-17)16-5-3-15(2)4-6-16/h7-8,21H,3-6,9H2,1-2H3,(H,19,20). The van der Waals surface area contributed by atoms with Gasteiger partial charge in [0.2, 0.25) is 0 Å². The Kier molecular flexibility index (Phi) is 4.29. The van der Waals surface area contributed by atoms with Gasteiger partial charge in [-0.05, 0) is 14.0 Å². The molecule has 116 valence electrons. The van der Waals surface area contributed by atoms with Gasteiger partial charge in [-0.2, -0.15) is 5.10 Å². The van der Waals surface area contributed by atoms with Gasteiger partial charge in [-0.25, -0.2) is 9.48 Å². The zero-order valence-corrected chi connectivity index (χ0v) is 12.2. The minimum absolute atomic E-state index is 0.385. The van der Waals surface area contributed by atoms with E-state index in [1.807, 2.05) is 7.05 Å². The number of carboxylic acid groups (broad SMARTS) is 1. The Morgan fingerprint density at radius 1 is 1.38 bits per heavy atom. The minimum Gasteiger partial charge on any atom is -0.479 e. The third-order valence-electron chi connectivity index (χ3n) is 3.64. The Balaban J connectivity index is 2.15. The third kappa shape index (κ3) is 3.59. The summed E-state index contributed by atoms with van der Waals surface area (Å²) in [4.78, 5) is 27.1. The van der Waals surface area contributed by atoms with Crippen molar-refractivity contribution in [1.82, 2.24) is 14.7 Å².